The fraction of sp³-hybridized carbons (Fsp3) is 0.708. The van der Waals surface area contributed by atoms with Gasteiger partial charge in [0.05, 0.1) is 6.10 Å². The van der Waals surface area contributed by atoms with Crippen molar-refractivity contribution in [2.75, 3.05) is 0 Å². The van der Waals surface area contributed by atoms with Gasteiger partial charge in [0.1, 0.15) is 6.10 Å². The van der Waals surface area contributed by atoms with E-state index < -0.39 is 67.5 Å². The quantitative estimate of drug-likeness (QED) is 0.344. The number of aliphatic carboxylic acids is 1. The van der Waals surface area contributed by atoms with Crippen molar-refractivity contribution in [2.45, 2.75) is 102 Å². The Balaban J connectivity index is 1.89. The first-order chi connectivity index (χ1) is 15.8. The summed E-state index contributed by atoms with van der Waals surface area (Å²) in [7, 11) is -2.05. The SMILES string of the molecule is C[C@H]1[C@@H](c2ccc(F)c(F)c2OC2CC(O[Si](C)(C)C(C)(C)C)C2)[C@H](C(=O)O)O[C@@]1(C)C(F)(F)F. The highest BCUT2D eigenvalue weighted by Crippen LogP contribution is 2.55. The van der Waals surface area contributed by atoms with Crippen molar-refractivity contribution in [3.63, 3.8) is 0 Å². The van der Waals surface area contributed by atoms with Crippen LogP contribution < -0.4 is 4.74 Å². The van der Waals surface area contributed by atoms with Crippen LogP contribution >= 0.6 is 0 Å². The predicted octanol–water partition coefficient (Wildman–Crippen LogP) is 6.42. The molecular formula is C24H33F5O5Si. The second kappa shape index (κ2) is 8.99. The molecule has 2 aliphatic rings. The van der Waals surface area contributed by atoms with E-state index >= 15 is 0 Å². The normalized spacial score (nSPS) is 31.8. The van der Waals surface area contributed by atoms with Crippen LogP contribution in [-0.4, -0.2) is 49.5 Å². The van der Waals surface area contributed by atoms with Gasteiger partial charge in [-0.1, -0.05) is 33.8 Å². The lowest BCUT2D eigenvalue weighted by atomic mass is 9.77. The first kappa shape index (κ1) is 27.9. The second-order valence-corrected chi connectivity index (χ2v) is 16.0. The minimum atomic E-state index is -4.88. The van der Waals surface area contributed by atoms with Crippen LogP contribution in [0.4, 0.5) is 22.0 Å². The summed E-state index contributed by atoms with van der Waals surface area (Å²) >= 11 is 0. The van der Waals surface area contributed by atoms with E-state index in [2.05, 4.69) is 33.9 Å². The molecule has 1 aliphatic carbocycles. The van der Waals surface area contributed by atoms with Crippen molar-refractivity contribution in [1.29, 1.82) is 0 Å². The predicted molar refractivity (Wildman–Crippen MR) is 121 cm³/mol. The van der Waals surface area contributed by atoms with Gasteiger partial charge in [0.25, 0.3) is 0 Å². The molecule has 0 bridgehead atoms. The fourth-order valence-electron chi connectivity index (χ4n) is 4.41. The summed E-state index contributed by atoms with van der Waals surface area (Å²) in [4.78, 5) is 11.8. The Kier molecular flexibility index (Phi) is 7.15. The minimum absolute atomic E-state index is 0.0175. The Morgan fingerprint density at radius 1 is 1.14 bits per heavy atom. The number of benzene rings is 1. The summed E-state index contributed by atoms with van der Waals surface area (Å²) in [5, 5.41) is 9.59. The average molecular weight is 525 g/mol. The number of ether oxygens (including phenoxy) is 2. The molecule has 1 N–H and O–H groups in total. The molecule has 2 fully saturated rings. The van der Waals surface area contributed by atoms with E-state index in [4.69, 9.17) is 13.9 Å². The van der Waals surface area contributed by atoms with E-state index in [-0.39, 0.29) is 16.7 Å². The summed E-state index contributed by atoms with van der Waals surface area (Å²) in [6.45, 7) is 12.4. The lowest BCUT2D eigenvalue weighted by Gasteiger charge is -2.44. The van der Waals surface area contributed by atoms with Gasteiger partial charge in [0.15, 0.2) is 31.6 Å². The highest BCUT2D eigenvalue weighted by Gasteiger charge is 2.66. The van der Waals surface area contributed by atoms with Crippen LogP contribution in [0.25, 0.3) is 0 Å². The third kappa shape index (κ3) is 4.95. The molecule has 1 aromatic rings. The second-order valence-electron chi connectivity index (χ2n) is 11.3. The Morgan fingerprint density at radius 3 is 2.20 bits per heavy atom. The first-order valence-corrected chi connectivity index (χ1v) is 14.5. The van der Waals surface area contributed by atoms with Gasteiger partial charge in [-0.3, -0.25) is 0 Å². The molecule has 198 valence electrons. The summed E-state index contributed by atoms with van der Waals surface area (Å²) < 4.78 is 87.5. The maximum Gasteiger partial charge on any atom is 0.417 e. The molecule has 0 spiro atoms. The lowest BCUT2D eigenvalue weighted by molar-refractivity contribution is -0.273. The minimum Gasteiger partial charge on any atom is -0.487 e. The topological polar surface area (TPSA) is 65.0 Å². The van der Waals surface area contributed by atoms with Crippen molar-refractivity contribution in [3.05, 3.63) is 29.3 Å². The number of hydrogen-bond acceptors (Lipinski definition) is 4. The zero-order chi connectivity index (χ0) is 26.7. The third-order valence-corrected chi connectivity index (χ3v) is 12.5. The third-order valence-electron chi connectivity index (χ3n) is 7.95. The molecule has 1 aromatic carbocycles. The Morgan fingerprint density at radius 2 is 1.71 bits per heavy atom. The Bertz CT molecular complexity index is 970. The van der Waals surface area contributed by atoms with Crippen molar-refractivity contribution in [2.24, 2.45) is 5.92 Å². The van der Waals surface area contributed by atoms with Gasteiger partial charge in [-0.05, 0) is 31.1 Å². The molecule has 4 atom stereocenters. The van der Waals surface area contributed by atoms with Crippen LogP contribution in [0.2, 0.25) is 18.1 Å². The van der Waals surface area contributed by atoms with E-state index in [0.29, 0.717) is 12.8 Å². The first-order valence-electron chi connectivity index (χ1n) is 11.6. The molecular weight excluding hydrogens is 491 g/mol. The van der Waals surface area contributed by atoms with Crippen LogP contribution in [0.3, 0.4) is 0 Å². The van der Waals surface area contributed by atoms with Crippen LogP contribution in [0.15, 0.2) is 12.1 Å². The molecule has 1 saturated heterocycles. The Hall–Kier alpha value is -1.72. The highest BCUT2D eigenvalue weighted by atomic mass is 28.4. The van der Waals surface area contributed by atoms with Crippen LogP contribution in [-0.2, 0) is 14.0 Å². The number of alkyl halides is 3. The van der Waals surface area contributed by atoms with Crippen molar-refractivity contribution >= 4 is 14.3 Å². The zero-order valence-electron chi connectivity index (χ0n) is 20.9. The molecule has 1 aliphatic heterocycles. The zero-order valence-corrected chi connectivity index (χ0v) is 21.9. The molecule has 5 nitrogen and oxygen atoms in total. The van der Waals surface area contributed by atoms with Gasteiger partial charge in [0.2, 0.25) is 5.82 Å². The van der Waals surface area contributed by atoms with Crippen LogP contribution in [0.5, 0.6) is 5.75 Å². The molecule has 0 unspecified atom stereocenters. The standard InChI is InChI=1S/C24H33F5O5Si/c1-12-17(20(21(30)31)33-23(12,5)24(27,28)29)15-8-9-16(25)18(26)19(15)32-13-10-14(11-13)34-35(6,7)22(2,3)4/h8-9,12-14,17,20H,10-11H2,1-7H3,(H,30,31)/t12-,13?,14?,17-,20+,23+/m0/s1. The molecule has 0 amide bonds. The van der Waals surface area contributed by atoms with Crippen molar-refractivity contribution in [1.82, 2.24) is 0 Å². The number of halogens is 5. The van der Waals surface area contributed by atoms with Gasteiger partial charge < -0.3 is 19.0 Å². The molecule has 0 aromatic heterocycles. The van der Waals surface area contributed by atoms with Crippen molar-refractivity contribution < 1.29 is 45.8 Å². The van der Waals surface area contributed by atoms with Gasteiger partial charge >= 0.3 is 12.1 Å². The van der Waals surface area contributed by atoms with E-state index in [9.17, 15) is 31.9 Å². The van der Waals surface area contributed by atoms with Gasteiger partial charge in [0, 0.05) is 30.2 Å². The average Bonchev–Trinajstić information content (AvgIpc) is 2.95. The lowest BCUT2D eigenvalue weighted by Crippen LogP contribution is -2.50. The van der Waals surface area contributed by atoms with E-state index in [0.717, 1.165) is 19.1 Å². The van der Waals surface area contributed by atoms with Crippen LogP contribution in [0.1, 0.15) is 58.9 Å². The number of carboxylic acids is 1. The number of carbonyl (C=O) groups is 1. The maximum atomic E-state index is 14.9. The van der Waals surface area contributed by atoms with Gasteiger partial charge in [-0.25, -0.2) is 9.18 Å². The van der Waals surface area contributed by atoms with Gasteiger partial charge in [-0.2, -0.15) is 17.6 Å². The summed E-state index contributed by atoms with van der Waals surface area (Å²) in [6.07, 6.45) is -6.66. The summed E-state index contributed by atoms with van der Waals surface area (Å²) in [6, 6.07) is 1.84. The van der Waals surface area contributed by atoms with Gasteiger partial charge in [-0.15, -0.1) is 0 Å². The molecule has 3 rings (SSSR count). The maximum absolute atomic E-state index is 14.9. The summed E-state index contributed by atoms with van der Waals surface area (Å²) in [5.41, 5.74) is -2.95. The number of hydrogen-bond donors (Lipinski definition) is 1. The highest BCUT2D eigenvalue weighted by molar-refractivity contribution is 6.74. The van der Waals surface area contributed by atoms with E-state index in [1.807, 2.05) is 0 Å². The molecule has 0 radical (unpaired) electrons. The van der Waals surface area contributed by atoms with E-state index in [1.54, 1.807) is 0 Å². The van der Waals surface area contributed by atoms with Crippen molar-refractivity contribution in [3.8, 4) is 5.75 Å². The number of rotatable bonds is 6. The Labute approximate surface area is 203 Å². The fourth-order valence-corrected chi connectivity index (χ4v) is 5.79. The van der Waals surface area contributed by atoms with E-state index in [1.165, 1.54) is 6.92 Å². The number of carboxylic acid groups (broad SMARTS) is 1. The summed E-state index contributed by atoms with van der Waals surface area (Å²) in [5.74, 6) is -7.63. The largest absolute Gasteiger partial charge is 0.487 e. The smallest absolute Gasteiger partial charge is 0.417 e. The monoisotopic (exact) mass is 524 g/mol. The molecule has 35 heavy (non-hydrogen) atoms. The molecule has 1 heterocycles. The molecule has 11 heteroatoms. The van der Waals surface area contributed by atoms with Crippen LogP contribution in [0, 0.1) is 17.6 Å². The molecule has 1 saturated carbocycles.